The van der Waals surface area contributed by atoms with Crippen molar-refractivity contribution in [2.24, 2.45) is 11.3 Å². The second-order valence-electron chi connectivity index (χ2n) is 6.41. The van der Waals surface area contributed by atoms with Crippen LogP contribution in [0.15, 0.2) is 47.0 Å². The lowest BCUT2D eigenvalue weighted by Crippen LogP contribution is -2.31. The summed E-state index contributed by atoms with van der Waals surface area (Å²) in [6, 6.07) is 6.83. The summed E-state index contributed by atoms with van der Waals surface area (Å²) in [5, 5.41) is 0. The molecule has 0 amide bonds. The molecule has 0 spiro atoms. The van der Waals surface area contributed by atoms with Gasteiger partial charge in [-0.15, -0.1) is 5.73 Å². The second kappa shape index (κ2) is 6.61. The van der Waals surface area contributed by atoms with Gasteiger partial charge in [-0.05, 0) is 36.0 Å². The third-order valence-electron chi connectivity index (χ3n) is 3.40. The predicted molar refractivity (Wildman–Crippen MR) is 87.6 cm³/mol. The molecule has 1 aromatic rings. The maximum absolute atomic E-state index is 12.3. The Balaban J connectivity index is 2.83. The largest absolute Gasteiger partial charge is 0.240 e. The Labute approximate surface area is 128 Å². The zero-order chi connectivity index (χ0) is 16.3. The van der Waals surface area contributed by atoms with Crippen LogP contribution >= 0.6 is 0 Å². The Morgan fingerprint density at radius 3 is 2.24 bits per heavy atom. The first-order valence-electron chi connectivity index (χ1n) is 7.04. The average Bonchev–Trinajstić information content (AvgIpc) is 2.36. The van der Waals surface area contributed by atoms with Gasteiger partial charge in [0.15, 0.2) is 0 Å². The van der Waals surface area contributed by atoms with Crippen molar-refractivity contribution in [2.75, 3.05) is 6.54 Å². The van der Waals surface area contributed by atoms with Gasteiger partial charge in [0, 0.05) is 6.54 Å². The van der Waals surface area contributed by atoms with Gasteiger partial charge in [-0.3, -0.25) is 0 Å². The Bertz CT molecular complexity index is 630. The van der Waals surface area contributed by atoms with Gasteiger partial charge in [-0.2, -0.15) is 0 Å². The normalized spacial score (nSPS) is 13.6. The molecule has 0 bridgehead atoms. The molecule has 0 aromatic heterocycles. The quantitative estimate of drug-likeness (QED) is 0.844. The van der Waals surface area contributed by atoms with Crippen molar-refractivity contribution in [1.29, 1.82) is 0 Å². The average molecular weight is 307 g/mol. The van der Waals surface area contributed by atoms with Crippen molar-refractivity contribution >= 4 is 10.0 Å². The van der Waals surface area contributed by atoms with Crippen LogP contribution in [0, 0.1) is 18.3 Å². The van der Waals surface area contributed by atoms with Gasteiger partial charge in [0.2, 0.25) is 10.0 Å². The fourth-order valence-corrected chi connectivity index (χ4v) is 3.45. The first-order valence-corrected chi connectivity index (χ1v) is 8.53. The van der Waals surface area contributed by atoms with E-state index in [0.717, 1.165) is 11.1 Å². The first-order chi connectivity index (χ1) is 9.58. The molecule has 1 aromatic carbocycles. The summed E-state index contributed by atoms with van der Waals surface area (Å²) in [6.07, 6.45) is 0. The summed E-state index contributed by atoms with van der Waals surface area (Å²) in [5.74, 6) is 0.0442. The fourth-order valence-electron chi connectivity index (χ4n) is 2.32. The van der Waals surface area contributed by atoms with Crippen molar-refractivity contribution in [3.63, 3.8) is 0 Å². The van der Waals surface area contributed by atoms with E-state index in [4.69, 9.17) is 0 Å². The van der Waals surface area contributed by atoms with E-state index >= 15 is 0 Å². The van der Waals surface area contributed by atoms with Crippen LogP contribution in [0.3, 0.4) is 0 Å². The Morgan fingerprint density at radius 1 is 1.29 bits per heavy atom. The molecule has 116 valence electrons. The van der Waals surface area contributed by atoms with E-state index in [1.807, 2.05) is 13.8 Å². The van der Waals surface area contributed by atoms with Crippen LogP contribution in [0.1, 0.15) is 33.3 Å². The van der Waals surface area contributed by atoms with Crippen molar-refractivity contribution in [3.05, 3.63) is 47.7 Å². The Morgan fingerprint density at radius 2 is 1.81 bits per heavy atom. The number of aryl methyl sites for hydroxylation is 1. The van der Waals surface area contributed by atoms with Crippen LogP contribution in [0.4, 0.5) is 0 Å². The molecule has 1 atom stereocenters. The summed E-state index contributed by atoms with van der Waals surface area (Å²) in [7, 11) is -3.47. The molecule has 4 heteroatoms. The van der Waals surface area contributed by atoms with Gasteiger partial charge in [-0.25, -0.2) is 13.1 Å². The highest BCUT2D eigenvalue weighted by Crippen LogP contribution is 2.30. The van der Waals surface area contributed by atoms with Gasteiger partial charge < -0.3 is 0 Å². The zero-order valence-corrected chi connectivity index (χ0v) is 14.3. The van der Waals surface area contributed by atoms with Crippen LogP contribution in [0.5, 0.6) is 0 Å². The van der Waals surface area contributed by atoms with Crippen molar-refractivity contribution in [2.45, 2.75) is 39.5 Å². The summed E-state index contributed by atoms with van der Waals surface area (Å²) in [6.45, 7) is 14.2. The van der Waals surface area contributed by atoms with E-state index in [1.54, 1.807) is 24.3 Å². The molecule has 0 aliphatic rings. The lowest BCUT2D eigenvalue weighted by Gasteiger charge is -2.26. The maximum atomic E-state index is 12.3. The number of hydrogen-bond acceptors (Lipinski definition) is 2. The van der Waals surface area contributed by atoms with Crippen LogP contribution in [-0.2, 0) is 10.0 Å². The van der Waals surface area contributed by atoms with E-state index < -0.39 is 10.0 Å². The summed E-state index contributed by atoms with van der Waals surface area (Å²) in [4.78, 5) is 0.292. The number of nitrogens with one attached hydrogen (secondary N) is 1. The monoisotopic (exact) mass is 307 g/mol. The van der Waals surface area contributed by atoms with Gasteiger partial charge in [-0.1, -0.05) is 52.0 Å². The van der Waals surface area contributed by atoms with Crippen molar-refractivity contribution in [1.82, 2.24) is 4.72 Å². The van der Waals surface area contributed by atoms with Gasteiger partial charge in [0.1, 0.15) is 0 Å². The summed E-state index contributed by atoms with van der Waals surface area (Å²) in [5.41, 5.74) is 4.94. The molecule has 0 saturated heterocycles. The number of sulfonamides is 1. The topological polar surface area (TPSA) is 46.2 Å². The zero-order valence-electron chi connectivity index (χ0n) is 13.5. The highest BCUT2D eigenvalue weighted by molar-refractivity contribution is 7.89. The molecule has 0 radical (unpaired) electrons. The SMILES string of the molecule is C=C=C(C(C)CNS(=O)(=O)c1ccc(C)cc1)C(C)(C)C. The van der Waals surface area contributed by atoms with Crippen LogP contribution in [-0.4, -0.2) is 15.0 Å². The number of rotatable bonds is 5. The predicted octanol–water partition coefficient (Wildman–Crippen LogP) is 3.67. The van der Waals surface area contributed by atoms with Crippen LogP contribution < -0.4 is 4.72 Å². The number of hydrogen-bond donors (Lipinski definition) is 1. The minimum absolute atomic E-state index is 0.0442. The minimum atomic E-state index is -3.47. The van der Waals surface area contributed by atoms with Crippen LogP contribution in [0.25, 0.3) is 0 Å². The molecule has 21 heavy (non-hydrogen) atoms. The van der Waals surface area contributed by atoms with E-state index in [0.29, 0.717) is 11.4 Å². The summed E-state index contributed by atoms with van der Waals surface area (Å²) < 4.78 is 27.2. The third-order valence-corrected chi connectivity index (χ3v) is 4.84. The van der Waals surface area contributed by atoms with Crippen molar-refractivity contribution in [3.8, 4) is 0 Å². The van der Waals surface area contributed by atoms with Crippen molar-refractivity contribution < 1.29 is 8.42 Å². The van der Waals surface area contributed by atoms with Gasteiger partial charge in [0.25, 0.3) is 0 Å². The molecule has 0 heterocycles. The molecular weight excluding hydrogens is 282 g/mol. The molecular formula is C17H25NO2S. The third kappa shape index (κ3) is 4.85. The van der Waals surface area contributed by atoms with E-state index in [9.17, 15) is 8.42 Å². The highest BCUT2D eigenvalue weighted by Gasteiger charge is 2.23. The molecule has 1 N–H and O–H groups in total. The van der Waals surface area contributed by atoms with E-state index in [1.165, 1.54) is 0 Å². The van der Waals surface area contributed by atoms with Gasteiger partial charge >= 0.3 is 0 Å². The van der Waals surface area contributed by atoms with E-state index in [-0.39, 0.29) is 11.3 Å². The second-order valence-corrected chi connectivity index (χ2v) is 8.17. The Kier molecular flexibility index (Phi) is 5.57. The Hall–Kier alpha value is -1.35. The molecule has 1 rings (SSSR count). The maximum Gasteiger partial charge on any atom is 0.240 e. The van der Waals surface area contributed by atoms with Crippen LogP contribution in [0.2, 0.25) is 0 Å². The highest BCUT2D eigenvalue weighted by atomic mass is 32.2. The first kappa shape index (κ1) is 17.7. The summed E-state index contributed by atoms with van der Waals surface area (Å²) >= 11 is 0. The smallest absolute Gasteiger partial charge is 0.211 e. The molecule has 0 fully saturated rings. The van der Waals surface area contributed by atoms with E-state index in [2.05, 4.69) is 37.8 Å². The minimum Gasteiger partial charge on any atom is -0.211 e. The molecule has 0 aliphatic carbocycles. The number of benzene rings is 1. The molecule has 3 nitrogen and oxygen atoms in total. The molecule has 0 saturated carbocycles. The molecule has 1 unspecified atom stereocenters. The standard InChI is InChI=1S/C17H25NO2S/c1-7-16(17(4,5)6)14(3)12-18-21(19,20)15-10-8-13(2)9-11-15/h8-11,14,18H,1,12H2,2-6H3. The lowest BCUT2D eigenvalue weighted by molar-refractivity contribution is 0.433. The van der Waals surface area contributed by atoms with Gasteiger partial charge in [0.05, 0.1) is 4.90 Å². The lowest BCUT2D eigenvalue weighted by atomic mass is 9.80. The molecule has 0 aliphatic heterocycles. The fraction of sp³-hybridized carbons (Fsp3) is 0.471.